The molecule has 0 radical (unpaired) electrons. The molecule has 11 heavy (non-hydrogen) atoms. The van der Waals surface area contributed by atoms with E-state index in [-0.39, 0.29) is 12.5 Å². The second kappa shape index (κ2) is 3.73. The van der Waals surface area contributed by atoms with Crippen LogP contribution >= 0.6 is 0 Å². The Morgan fingerprint density at radius 2 is 2.00 bits per heavy atom. The number of ether oxygens (including phenoxy) is 1. The van der Waals surface area contributed by atoms with Gasteiger partial charge in [-0.2, -0.15) is 0 Å². The molecule has 58 valence electrons. The van der Waals surface area contributed by atoms with Crippen molar-refractivity contribution in [2.24, 2.45) is 0 Å². The first-order valence-corrected chi connectivity index (χ1v) is 3.24. The molecule has 0 heterocycles. The van der Waals surface area contributed by atoms with E-state index in [0.29, 0.717) is 5.75 Å². The van der Waals surface area contributed by atoms with Crippen LogP contribution in [0.4, 0.5) is 0 Å². The smallest absolute Gasteiger partial charge is 0.213 e. The molecular formula is C8H9NO2. The second-order valence-corrected chi connectivity index (χ2v) is 2.00. The Bertz CT molecular complexity index is 233. The molecule has 0 aliphatic rings. The SMILES string of the molecule is N=C(CO)Oc1ccccc1. The minimum absolute atomic E-state index is 0.142. The fourth-order valence-corrected chi connectivity index (χ4v) is 0.663. The van der Waals surface area contributed by atoms with E-state index in [2.05, 4.69) is 0 Å². The number of aliphatic hydroxyl groups is 1. The molecule has 0 amide bonds. The van der Waals surface area contributed by atoms with E-state index in [4.69, 9.17) is 15.3 Å². The molecule has 2 N–H and O–H groups in total. The standard InChI is InChI=1S/C8H9NO2/c9-8(6-10)11-7-4-2-1-3-5-7/h1-5,9-10H,6H2. The van der Waals surface area contributed by atoms with Gasteiger partial charge in [0.1, 0.15) is 12.4 Å². The van der Waals surface area contributed by atoms with E-state index in [0.717, 1.165) is 0 Å². The predicted octanol–water partition coefficient (Wildman–Crippen LogP) is 1.03. The Morgan fingerprint density at radius 1 is 1.36 bits per heavy atom. The van der Waals surface area contributed by atoms with Crippen LogP contribution in [0.1, 0.15) is 0 Å². The number of nitrogens with one attached hydrogen (secondary N) is 1. The Balaban J connectivity index is 2.58. The van der Waals surface area contributed by atoms with Crippen LogP contribution in [0, 0.1) is 5.41 Å². The van der Waals surface area contributed by atoms with E-state index in [1.165, 1.54) is 0 Å². The lowest BCUT2D eigenvalue weighted by Crippen LogP contribution is -2.10. The lowest BCUT2D eigenvalue weighted by molar-refractivity contribution is 0.327. The number of benzene rings is 1. The number of aliphatic hydroxyl groups excluding tert-OH is 1. The first kappa shape index (κ1) is 7.75. The summed E-state index contributed by atoms with van der Waals surface area (Å²) in [5.41, 5.74) is 0. The van der Waals surface area contributed by atoms with Gasteiger partial charge in [0.25, 0.3) is 0 Å². The Labute approximate surface area is 64.8 Å². The van der Waals surface area contributed by atoms with Crippen molar-refractivity contribution in [3.63, 3.8) is 0 Å². The Morgan fingerprint density at radius 3 is 2.55 bits per heavy atom. The number of hydrogen-bond acceptors (Lipinski definition) is 3. The largest absolute Gasteiger partial charge is 0.441 e. The molecule has 3 heteroatoms. The monoisotopic (exact) mass is 151 g/mol. The molecule has 1 aromatic carbocycles. The normalized spacial score (nSPS) is 9.18. The van der Waals surface area contributed by atoms with E-state index in [1.54, 1.807) is 24.3 Å². The Kier molecular flexibility index (Phi) is 2.63. The molecule has 3 nitrogen and oxygen atoms in total. The molecule has 0 aliphatic heterocycles. The molecule has 0 spiro atoms. The molecule has 1 aromatic rings. The molecule has 0 bridgehead atoms. The van der Waals surface area contributed by atoms with Crippen molar-refractivity contribution in [1.82, 2.24) is 0 Å². The first-order chi connectivity index (χ1) is 5.33. The predicted molar refractivity (Wildman–Crippen MR) is 41.9 cm³/mol. The van der Waals surface area contributed by atoms with Crippen LogP contribution in [0.3, 0.4) is 0 Å². The van der Waals surface area contributed by atoms with Gasteiger partial charge in [-0.3, -0.25) is 5.41 Å². The van der Waals surface area contributed by atoms with E-state index < -0.39 is 0 Å². The maximum atomic E-state index is 8.45. The van der Waals surface area contributed by atoms with Gasteiger partial charge >= 0.3 is 0 Å². The number of para-hydroxylation sites is 1. The molecule has 0 saturated heterocycles. The van der Waals surface area contributed by atoms with Crippen molar-refractivity contribution in [1.29, 1.82) is 5.41 Å². The minimum atomic E-state index is -0.366. The van der Waals surface area contributed by atoms with Gasteiger partial charge in [0.2, 0.25) is 5.90 Å². The third kappa shape index (κ3) is 2.39. The van der Waals surface area contributed by atoms with Crippen LogP contribution in [0.25, 0.3) is 0 Å². The van der Waals surface area contributed by atoms with Gasteiger partial charge < -0.3 is 9.84 Å². The van der Waals surface area contributed by atoms with Crippen molar-refractivity contribution in [2.45, 2.75) is 0 Å². The summed E-state index contributed by atoms with van der Waals surface area (Å²) in [6.07, 6.45) is 0. The van der Waals surface area contributed by atoms with Gasteiger partial charge in [-0.1, -0.05) is 18.2 Å². The van der Waals surface area contributed by atoms with Gasteiger partial charge in [0, 0.05) is 0 Å². The molecule has 0 aliphatic carbocycles. The van der Waals surface area contributed by atoms with Crippen LogP contribution in [0.2, 0.25) is 0 Å². The summed E-state index contributed by atoms with van der Waals surface area (Å²) in [6.45, 7) is -0.366. The van der Waals surface area contributed by atoms with E-state index >= 15 is 0 Å². The highest BCUT2D eigenvalue weighted by molar-refractivity contribution is 5.76. The zero-order chi connectivity index (χ0) is 8.10. The van der Waals surface area contributed by atoms with Crippen LogP contribution in [0.5, 0.6) is 5.75 Å². The molecule has 0 atom stereocenters. The van der Waals surface area contributed by atoms with Crippen molar-refractivity contribution >= 4 is 5.90 Å². The highest BCUT2D eigenvalue weighted by Gasteiger charge is 1.95. The van der Waals surface area contributed by atoms with Gasteiger partial charge in [-0.25, -0.2) is 0 Å². The van der Waals surface area contributed by atoms with Gasteiger partial charge in [-0.05, 0) is 12.1 Å². The molecule has 0 saturated carbocycles. The zero-order valence-corrected chi connectivity index (χ0v) is 5.95. The summed E-state index contributed by atoms with van der Waals surface area (Å²) in [6, 6.07) is 8.92. The average molecular weight is 151 g/mol. The van der Waals surface area contributed by atoms with E-state index in [9.17, 15) is 0 Å². The topological polar surface area (TPSA) is 53.3 Å². The summed E-state index contributed by atoms with van der Waals surface area (Å²) < 4.78 is 4.90. The molecule has 0 unspecified atom stereocenters. The quantitative estimate of drug-likeness (QED) is 0.490. The zero-order valence-electron chi connectivity index (χ0n) is 5.95. The van der Waals surface area contributed by atoms with Crippen LogP contribution < -0.4 is 4.74 Å². The maximum Gasteiger partial charge on any atom is 0.213 e. The third-order valence-corrected chi connectivity index (χ3v) is 1.13. The fraction of sp³-hybridized carbons (Fsp3) is 0.125. The summed E-state index contributed by atoms with van der Waals surface area (Å²) >= 11 is 0. The fourth-order valence-electron chi connectivity index (χ4n) is 0.663. The van der Waals surface area contributed by atoms with Crippen molar-refractivity contribution < 1.29 is 9.84 Å². The van der Waals surface area contributed by atoms with Crippen LogP contribution in [0.15, 0.2) is 30.3 Å². The number of hydrogen-bond donors (Lipinski definition) is 2. The van der Waals surface area contributed by atoms with Crippen molar-refractivity contribution in [2.75, 3.05) is 6.61 Å². The first-order valence-electron chi connectivity index (χ1n) is 3.24. The van der Waals surface area contributed by atoms with Crippen molar-refractivity contribution in [3.05, 3.63) is 30.3 Å². The summed E-state index contributed by atoms with van der Waals surface area (Å²) in [5.74, 6) is 0.433. The second-order valence-electron chi connectivity index (χ2n) is 2.00. The minimum Gasteiger partial charge on any atom is -0.441 e. The maximum absolute atomic E-state index is 8.45. The lowest BCUT2D eigenvalue weighted by Gasteiger charge is -2.02. The summed E-state index contributed by atoms with van der Waals surface area (Å²) in [7, 11) is 0. The lowest BCUT2D eigenvalue weighted by atomic mass is 10.3. The Hall–Kier alpha value is -1.35. The molecule has 0 fully saturated rings. The van der Waals surface area contributed by atoms with Crippen LogP contribution in [-0.4, -0.2) is 17.6 Å². The average Bonchev–Trinajstić information content (AvgIpc) is 2.06. The molecule has 0 aromatic heterocycles. The molecule has 1 rings (SSSR count). The van der Waals surface area contributed by atoms with Gasteiger partial charge in [0.05, 0.1) is 0 Å². The summed E-state index contributed by atoms with van der Waals surface area (Å²) in [4.78, 5) is 0. The highest BCUT2D eigenvalue weighted by Crippen LogP contribution is 2.07. The van der Waals surface area contributed by atoms with Crippen LogP contribution in [-0.2, 0) is 0 Å². The third-order valence-electron chi connectivity index (χ3n) is 1.13. The highest BCUT2D eigenvalue weighted by atomic mass is 16.5. The molecular weight excluding hydrogens is 142 g/mol. The number of rotatable bonds is 2. The van der Waals surface area contributed by atoms with E-state index in [1.807, 2.05) is 6.07 Å². The van der Waals surface area contributed by atoms with Crippen molar-refractivity contribution in [3.8, 4) is 5.75 Å². The summed E-state index contributed by atoms with van der Waals surface area (Å²) in [5, 5.41) is 15.4. The van der Waals surface area contributed by atoms with Gasteiger partial charge in [0.15, 0.2) is 0 Å². The van der Waals surface area contributed by atoms with Gasteiger partial charge in [-0.15, -0.1) is 0 Å².